The van der Waals surface area contributed by atoms with Gasteiger partial charge in [0.2, 0.25) is 0 Å². The summed E-state index contributed by atoms with van der Waals surface area (Å²) in [6.45, 7) is 13.8. The minimum atomic E-state index is -0.0660. The number of nitrogens with one attached hydrogen (secondary N) is 1. The van der Waals surface area contributed by atoms with Crippen LogP contribution in [0.1, 0.15) is 52.7 Å². The summed E-state index contributed by atoms with van der Waals surface area (Å²) < 4.78 is 0. The van der Waals surface area contributed by atoms with E-state index in [0.29, 0.717) is 0 Å². The molecule has 3 heteroatoms. The number of aromatic amines is 1. The van der Waals surface area contributed by atoms with Gasteiger partial charge in [0.25, 0.3) is 0 Å². The Morgan fingerprint density at radius 1 is 0.392 bits per heavy atom. The number of pyridine rings is 2. The molecule has 250 valence electrons. The molecule has 0 bridgehead atoms. The number of rotatable bonds is 5. The molecule has 0 atom stereocenters. The molecule has 0 aliphatic carbocycles. The monoisotopic (exact) mass is 661 g/mol. The van der Waals surface area contributed by atoms with Gasteiger partial charge in [-0.1, -0.05) is 108 Å². The summed E-state index contributed by atoms with van der Waals surface area (Å²) >= 11 is 0. The Kier molecular flexibility index (Phi) is 7.95. The van der Waals surface area contributed by atoms with Crippen molar-refractivity contribution in [2.24, 2.45) is 0 Å². The van der Waals surface area contributed by atoms with Crippen LogP contribution in [-0.4, -0.2) is 15.0 Å². The number of nitrogens with zero attached hydrogens (tertiary/aromatic N) is 2. The van der Waals surface area contributed by atoms with Gasteiger partial charge in [-0.15, -0.1) is 0 Å². The molecule has 3 heterocycles. The van der Waals surface area contributed by atoms with Crippen LogP contribution in [0.2, 0.25) is 0 Å². The largest absolute Gasteiger partial charge is 0.353 e. The first kappa shape index (κ1) is 32.4. The van der Waals surface area contributed by atoms with Crippen molar-refractivity contribution >= 4 is 21.8 Å². The lowest BCUT2D eigenvalue weighted by Crippen LogP contribution is -2.11. The first-order valence-electron chi connectivity index (χ1n) is 17.8. The Morgan fingerprint density at radius 2 is 0.922 bits per heavy atom. The number of hydrogen-bond donors (Lipinski definition) is 1. The smallest absolute Gasteiger partial charge is 0.0729 e. The van der Waals surface area contributed by atoms with Crippen LogP contribution in [0.3, 0.4) is 0 Å². The first-order valence-corrected chi connectivity index (χ1v) is 17.8. The molecule has 0 saturated heterocycles. The maximum absolute atomic E-state index is 4.98. The molecule has 0 amide bonds. The molecular weight excluding hydrogens is 619 g/mol. The van der Waals surface area contributed by atoms with Crippen molar-refractivity contribution in [3.63, 3.8) is 0 Å². The fourth-order valence-electron chi connectivity index (χ4n) is 7.05. The third kappa shape index (κ3) is 6.25. The molecule has 8 rings (SSSR count). The van der Waals surface area contributed by atoms with E-state index in [1.54, 1.807) is 0 Å². The summed E-state index contributed by atoms with van der Waals surface area (Å²) in [5, 5.41) is 2.44. The Hall–Kier alpha value is -5.80. The molecule has 0 saturated carbocycles. The van der Waals surface area contributed by atoms with Gasteiger partial charge in [0.05, 0.1) is 22.4 Å². The zero-order valence-electron chi connectivity index (χ0n) is 30.3. The van der Waals surface area contributed by atoms with Gasteiger partial charge >= 0.3 is 0 Å². The highest BCUT2D eigenvalue weighted by Gasteiger charge is 2.24. The summed E-state index contributed by atoms with van der Waals surface area (Å²) in [6, 6.07) is 48.1. The predicted molar refractivity (Wildman–Crippen MR) is 216 cm³/mol. The minimum Gasteiger partial charge on any atom is -0.353 e. The van der Waals surface area contributed by atoms with Gasteiger partial charge in [-0.3, -0.25) is 9.97 Å². The van der Waals surface area contributed by atoms with Crippen LogP contribution in [0.15, 0.2) is 146 Å². The van der Waals surface area contributed by atoms with Crippen LogP contribution in [0, 0.1) is 0 Å². The van der Waals surface area contributed by atoms with Gasteiger partial charge in [-0.25, -0.2) is 0 Å². The molecule has 1 N–H and O–H groups in total. The SMILES string of the molecule is CC(C)(C)c1cc(-c2cc(-c3ccccc3)cc(-c3ccccn3)c2)c2[nH]c3c(-c4cc(-c5ccccc5)ccn4)cc(C(C)(C)C)cc3c2c1. The van der Waals surface area contributed by atoms with Crippen molar-refractivity contribution in [3.8, 4) is 55.9 Å². The van der Waals surface area contributed by atoms with Gasteiger partial charge in [-0.2, -0.15) is 0 Å². The average Bonchev–Trinajstić information content (AvgIpc) is 3.53. The molecule has 0 fully saturated rings. The normalized spacial score (nSPS) is 12.1. The van der Waals surface area contributed by atoms with Crippen LogP contribution >= 0.6 is 0 Å². The van der Waals surface area contributed by atoms with Crippen molar-refractivity contribution < 1.29 is 0 Å². The summed E-state index contributed by atoms with van der Waals surface area (Å²) in [6.07, 6.45) is 3.81. The van der Waals surface area contributed by atoms with Crippen molar-refractivity contribution in [2.45, 2.75) is 52.4 Å². The second-order valence-corrected chi connectivity index (χ2v) is 15.7. The molecule has 3 aromatic heterocycles. The van der Waals surface area contributed by atoms with Gasteiger partial charge in [0, 0.05) is 39.9 Å². The van der Waals surface area contributed by atoms with E-state index in [-0.39, 0.29) is 10.8 Å². The number of hydrogen-bond acceptors (Lipinski definition) is 2. The lowest BCUT2D eigenvalue weighted by atomic mass is 9.82. The van der Waals surface area contributed by atoms with Crippen molar-refractivity contribution in [1.29, 1.82) is 0 Å². The van der Waals surface area contributed by atoms with E-state index in [2.05, 4.69) is 174 Å². The first-order chi connectivity index (χ1) is 24.5. The molecule has 51 heavy (non-hydrogen) atoms. The lowest BCUT2D eigenvalue weighted by molar-refractivity contribution is 0.590. The molecule has 0 aliphatic heterocycles. The van der Waals surface area contributed by atoms with Crippen molar-refractivity contribution in [1.82, 2.24) is 15.0 Å². The zero-order valence-corrected chi connectivity index (χ0v) is 30.3. The number of fused-ring (bicyclic) bond motifs is 3. The highest BCUT2D eigenvalue weighted by Crippen LogP contribution is 2.44. The Bertz CT molecular complexity index is 2460. The highest BCUT2D eigenvalue weighted by atomic mass is 14.7. The van der Waals surface area contributed by atoms with E-state index in [1.807, 2.05) is 18.5 Å². The molecule has 8 aromatic rings. The molecule has 0 aliphatic rings. The van der Waals surface area contributed by atoms with Crippen LogP contribution in [0.25, 0.3) is 77.7 Å². The van der Waals surface area contributed by atoms with Gasteiger partial charge in [-0.05, 0) is 117 Å². The number of H-pyrrole nitrogens is 1. The Balaban J connectivity index is 1.44. The van der Waals surface area contributed by atoms with Crippen LogP contribution in [0.5, 0.6) is 0 Å². The maximum atomic E-state index is 4.98. The number of aromatic nitrogens is 3. The summed E-state index contributed by atoms with van der Waals surface area (Å²) in [7, 11) is 0. The standard InChI is InChI=1S/C48H43N3/c1-47(2,3)37-27-39(35-23-34(32-17-11-8-12-18-32)24-36(25-35)43-19-13-14-21-49-43)45-40(28-37)41-29-38(48(4,5)6)30-42(46(41)51-45)44-26-33(20-22-50-44)31-15-9-7-10-16-31/h7-30,51H,1-6H3. The van der Waals surface area contributed by atoms with E-state index >= 15 is 0 Å². The van der Waals surface area contributed by atoms with Gasteiger partial charge in [0.15, 0.2) is 0 Å². The third-order valence-corrected chi connectivity index (χ3v) is 10.0. The van der Waals surface area contributed by atoms with E-state index in [9.17, 15) is 0 Å². The topological polar surface area (TPSA) is 41.6 Å². The molecule has 0 spiro atoms. The summed E-state index contributed by atoms with van der Waals surface area (Å²) in [4.78, 5) is 13.7. The van der Waals surface area contributed by atoms with E-state index in [4.69, 9.17) is 9.97 Å². The molecule has 0 unspecified atom stereocenters. The molecular formula is C48H43N3. The van der Waals surface area contributed by atoms with Crippen LogP contribution in [-0.2, 0) is 10.8 Å². The number of benzene rings is 5. The minimum absolute atomic E-state index is 0.0599. The summed E-state index contributed by atoms with van der Waals surface area (Å²) in [5.74, 6) is 0. The molecule has 0 radical (unpaired) electrons. The predicted octanol–water partition coefficient (Wildman–Crippen LogP) is 13.0. The van der Waals surface area contributed by atoms with Crippen LogP contribution < -0.4 is 0 Å². The summed E-state index contributed by atoms with van der Waals surface area (Å²) in [5.41, 5.74) is 15.8. The second-order valence-electron chi connectivity index (χ2n) is 15.7. The van der Waals surface area contributed by atoms with Crippen molar-refractivity contribution in [3.05, 3.63) is 157 Å². The molecule has 3 nitrogen and oxygen atoms in total. The highest BCUT2D eigenvalue weighted by molar-refractivity contribution is 6.16. The van der Waals surface area contributed by atoms with Crippen LogP contribution in [0.4, 0.5) is 0 Å². The second kappa shape index (κ2) is 12.5. The quantitative estimate of drug-likeness (QED) is 0.199. The van der Waals surface area contributed by atoms with E-state index in [0.717, 1.165) is 50.2 Å². The Labute approximate surface area is 301 Å². The average molecular weight is 662 g/mol. The van der Waals surface area contributed by atoms with E-state index in [1.165, 1.54) is 38.6 Å². The van der Waals surface area contributed by atoms with E-state index < -0.39 is 0 Å². The fraction of sp³-hybridized carbons (Fsp3) is 0.167. The Morgan fingerprint density at radius 3 is 1.53 bits per heavy atom. The third-order valence-electron chi connectivity index (χ3n) is 10.0. The maximum Gasteiger partial charge on any atom is 0.0729 e. The fourth-order valence-corrected chi connectivity index (χ4v) is 7.05. The van der Waals surface area contributed by atoms with Gasteiger partial charge < -0.3 is 4.98 Å². The zero-order chi connectivity index (χ0) is 35.3. The van der Waals surface area contributed by atoms with Gasteiger partial charge in [0.1, 0.15) is 0 Å². The molecule has 5 aromatic carbocycles. The lowest BCUT2D eigenvalue weighted by Gasteiger charge is -2.22. The van der Waals surface area contributed by atoms with Crippen molar-refractivity contribution in [2.75, 3.05) is 0 Å².